The summed E-state index contributed by atoms with van der Waals surface area (Å²) in [6.45, 7) is 3.32. The molecule has 0 fully saturated rings. The molecule has 2 amide bonds. The number of rotatable bonds is 6. The minimum absolute atomic E-state index is 0. The van der Waals surface area contributed by atoms with Gasteiger partial charge in [0.15, 0.2) is 5.11 Å². The highest BCUT2D eigenvalue weighted by Crippen LogP contribution is 2.18. The lowest BCUT2D eigenvalue weighted by Gasteiger charge is -2.13. The van der Waals surface area contributed by atoms with Gasteiger partial charge in [0.05, 0.1) is 13.1 Å². The van der Waals surface area contributed by atoms with E-state index in [1.54, 1.807) is 0 Å². The molecule has 6 N–H and O–H groups in total. The summed E-state index contributed by atoms with van der Waals surface area (Å²) >= 11 is 5.46. The summed E-state index contributed by atoms with van der Waals surface area (Å²) in [6.07, 6.45) is 0. The van der Waals surface area contributed by atoms with Crippen molar-refractivity contribution in [2.24, 2.45) is 9.98 Å². The molecule has 0 bridgehead atoms. The molecule has 2 heterocycles. The summed E-state index contributed by atoms with van der Waals surface area (Å²) in [5, 5.41) is 19.0. The fraction of sp³-hybridized carbons (Fsp3) is 0.154. The number of nitrogens with zero attached hydrogens (tertiary/aromatic N) is 2. The largest absolute Gasteiger partial charge is 0.368 e. The zero-order valence-corrected chi connectivity index (χ0v) is 21.5. The van der Waals surface area contributed by atoms with Crippen LogP contribution in [0.1, 0.15) is 11.1 Å². The van der Waals surface area contributed by atoms with E-state index < -0.39 is 0 Å². The van der Waals surface area contributed by atoms with Gasteiger partial charge in [-0.25, -0.2) is 4.79 Å². The number of amides is 2. The number of aliphatic imine (C=N–C) groups is 2. The first kappa shape index (κ1) is 25.9. The molecule has 0 saturated heterocycles. The van der Waals surface area contributed by atoms with E-state index in [1.165, 1.54) is 0 Å². The maximum absolute atomic E-state index is 12.5. The molecule has 0 radical (unpaired) electrons. The minimum Gasteiger partial charge on any atom is -0.368 e. The van der Waals surface area contributed by atoms with Crippen molar-refractivity contribution in [2.75, 3.05) is 47.4 Å². The van der Waals surface area contributed by atoms with E-state index >= 15 is 0 Å². The SMILES string of the molecule is Cl.O=C(Nc1ccc(C2=NCCN2)cc1)Nc1cccc(NC(=S)Nc2ccc(C3=NCCN3)cc2)c1. The Bertz CT molecular complexity index is 1230. The van der Waals surface area contributed by atoms with Gasteiger partial charge >= 0.3 is 6.03 Å². The number of carbonyl (C=O) groups excluding carboxylic acids is 1. The maximum atomic E-state index is 12.5. The van der Waals surface area contributed by atoms with Crippen LogP contribution in [0.15, 0.2) is 82.8 Å². The Morgan fingerprint density at radius 2 is 1.14 bits per heavy atom. The molecule has 0 unspecified atom stereocenters. The zero-order chi connectivity index (χ0) is 24.7. The van der Waals surface area contributed by atoms with E-state index in [4.69, 9.17) is 12.2 Å². The van der Waals surface area contributed by atoms with Gasteiger partial charge in [-0.2, -0.15) is 0 Å². The van der Waals surface area contributed by atoms with Crippen molar-refractivity contribution in [3.05, 3.63) is 83.9 Å². The molecule has 2 aliphatic rings. The van der Waals surface area contributed by atoms with Gasteiger partial charge in [0, 0.05) is 47.0 Å². The minimum atomic E-state index is -0.335. The molecular formula is C26H27ClN8OS. The summed E-state index contributed by atoms with van der Waals surface area (Å²) in [7, 11) is 0. The molecule has 190 valence electrons. The first-order valence-electron chi connectivity index (χ1n) is 11.7. The van der Waals surface area contributed by atoms with Crippen molar-refractivity contribution in [3.8, 4) is 0 Å². The predicted molar refractivity (Wildman–Crippen MR) is 158 cm³/mol. The van der Waals surface area contributed by atoms with Crippen LogP contribution < -0.4 is 31.9 Å². The standard InChI is InChI=1S/C26H26N8OS.ClH/c35-25(31-19-8-4-17(5-9-19)23-27-12-13-28-23)32-21-2-1-3-22(16-21)34-26(36)33-20-10-6-18(7-11-20)24-29-14-15-30-24;/h1-11,16H,12-15H2,(H,27,28)(H,29,30)(H2,31,32,35)(H2,33,34,36);1H. The third kappa shape index (κ3) is 6.96. The quantitative estimate of drug-likeness (QED) is 0.263. The highest BCUT2D eigenvalue weighted by Gasteiger charge is 2.10. The average Bonchev–Trinajstić information content (AvgIpc) is 3.60. The fourth-order valence-corrected chi connectivity index (χ4v) is 4.10. The molecule has 0 spiro atoms. The smallest absolute Gasteiger partial charge is 0.323 e. The zero-order valence-electron chi connectivity index (χ0n) is 19.9. The van der Waals surface area contributed by atoms with Gasteiger partial charge in [0.1, 0.15) is 11.7 Å². The molecule has 0 saturated carbocycles. The van der Waals surface area contributed by atoms with E-state index in [-0.39, 0.29) is 18.4 Å². The van der Waals surface area contributed by atoms with Crippen molar-refractivity contribution in [3.63, 3.8) is 0 Å². The van der Waals surface area contributed by atoms with Crippen molar-refractivity contribution in [1.82, 2.24) is 10.6 Å². The molecule has 5 rings (SSSR count). The molecule has 0 atom stereocenters. The molecule has 0 aromatic heterocycles. The van der Waals surface area contributed by atoms with Crippen LogP contribution >= 0.6 is 24.6 Å². The van der Waals surface area contributed by atoms with E-state index in [9.17, 15) is 4.79 Å². The van der Waals surface area contributed by atoms with Crippen LogP contribution in [0.25, 0.3) is 0 Å². The van der Waals surface area contributed by atoms with Gasteiger partial charge in [0.2, 0.25) is 0 Å². The molecule has 37 heavy (non-hydrogen) atoms. The summed E-state index contributed by atoms with van der Waals surface area (Å²) < 4.78 is 0. The molecule has 9 nitrogen and oxygen atoms in total. The van der Waals surface area contributed by atoms with E-state index in [0.717, 1.165) is 60.4 Å². The Morgan fingerprint density at radius 1 is 0.676 bits per heavy atom. The average molecular weight is 535 g/mol. The first-order chi connectivity index (χ1) is 17.6. The number of carbonyl (C=O) groups is 1. The summed E-state index contributed by atoms with van der Waals surface area (Å²) in [6, 6.07) is 22.5. The molecule has 11 heteroatoms. The number of nitrogens with one attached hydrogen (secondary N) is 6. The van der Waals surface area contributed by atoms with Crippen molar-refractivity contribution in [2.45, 2.75) is 0 Å². The monoisotopic (exact) mass is 534 g/mol. The van der Waals surface area contributed by atoms with Crippen molar-refractivity contribution in [1.29, 1.82) is 0 Å². The van der Waals surface area contributed by atoms with E-state index in [1.807, 2.05) is 72.8 Å². The topological polar surface area (TPSA) is 114 Å². The Morgan fingerprint density at radius 3 is 1.65 bits per heavy atom. The van der Waals surface area contributed by atoms with Crippen LogP contribution in [0.2, 0.25) is 0 Å². The van der Waals surface area contributed by atoms with Crippen LogP contribution in [0, 0.1) is 0 Å². The maximum Gasteiger partial charge on any atom is 0.323 e. The molecule has 3 aromatic rings. The van der Waals surface area contributed by atoms with Gasteiger partial charge in [-0.3, -0.25) is 9.98 Å². The third-order valence-corrected chi connectivity index (χ3v) is 5.76. The van der Waals surface area contributed by atoms with Crippen LogP contribution in [-0.4, -0.2) is 49.0 Å². The number of amidine groups is 2. The number of halogens is 1. The summed E-state index contributed by atoms with van der Waals surface area (Å²) in [4.78, 5) is 21.3. The Kier molecular flexibility index (Phi) is 8.55. The Labute approximate surface area is 226 Å². The second-order valence-electron chi connectivity index (χ2n) is 8.21. The lowest BCUT2D eigenvalue weighted by molar-refractivity contribution is 0.262. The number of benzene rings is 3. The van der Waals surface area contributed by atoms with E-state index in [0.29, 0.717) is 16.5 Å². The third-order valence-electron chi connectivity index (χ3n) is 5.56. The lowest BCUT2D eigenvalue weighted by atomic mass is 10.2. The normalized spacial score (nSPS) is 13.7. The second-order valence-corrected chi connectivity index (χ2v) is 8.62. The number of anilines is 4. The van der Waals surface area contributed by atoms with E-state index in [2.05, 4.69) is 41.9 Å². The van der Waals surface area contributed by atoms with Crippen LogP contribution in [0.3, 0.4) is 0 Å². The van der Waals surface area contributed by atoms with Gasteiger partial charge in [0.25, 0.3) is 0 Å². The van der Waals surface area contributed by atoms with Gasteiger partial charge in [-0.05, 0) is 78.9 Å². The van der Waals surface area contributed by atoms with Crippen LogP contribution in [0.4, 0.5) is 27.5 Å². The van der Waals surface area contributed by atoms with Gasteiger partial charge in [-0.15, -0.1) is 12.4 Å². The van der Waals surface area contributed by atoms with Crippen LogP contribution in [-0.2, 0) is 0 Å². The predicted octanol–water partition coefficient (Wildman–Crippen LogP) is 4.26. The van der Waals surface area contributed by atoms with Gasteiger partial charge in [-0.1, -0.05) is 6.07 Å². The Balaban J connectivity index is 0.00000320. The molecule has 0 aliphatic carbocycles. The first-order valence-corrected chi connectivity index (χ1v) is 12.1. The van der Waals surface area contributed by atoms with Crippen molar-refractivity contribution >= 4 is 70.2 Å². The number of thiocarbonyl (C=S) groups is 1. The number of urea groups is 1. The lowest BCUT2D eigenvalue weighted by Crippen LogP contribution is -2.21. The molecular weight excluding hydrogens is 508 g/mol. The number of hydrogen-bond acceptors (Lipinski definition) is 6. The van der Waals surface area contributed by atoms with Crippen LogP contribution in [0.5, 0.6) is 0 Å². The second kappa shape index (κ2) is 12.2. The van der Waals surface area contributed by atoms with Gasteiger partial charge < -0.3 is 31.9 Å². The summed E-state index contributed by atoms with van der Waals surface area (Å²) in [5.41, 5.74) is 4.99. The summed E-state index contributed by atoms with van der Waals surface area (Å²) in [5.74, 6) is 1.81. The highest BCUT2D eigenvalue weighted by atomic mass is 35.5. The fourth-order valence-electron chi connectivity index (χ4n) is 3.87. The highest BCUT2D eigenvalue weighted by molar-refractivity contribution is 7.80. The number of hydrogen-bond donors (Lipinski definition) is 6. The molecule has 2 aliphatic heterocycles. The Hall–Kier alpha value is -4.15. The molecule has 3 aromatic carbocycles. The van der Waals surface area contributed by atoms with Crippen molar-refractivity contribution < 1.29 is 4.79 Å².